The van der Waals surface area contributed by atoms with Crippen molar-refractivity contribution in [3.8, 4) is 0 Å². The zero-order valence-electron chi connectivity index (χ0n) is 10.2. The maximum absolute atomic E-state index is 12.0. The van der Waals surface area contributed by atoms with E-state index in [2.05, 4.69) is 11.4 Å². The van der Waals surface area contributed by atoms with Gasteiger partial charge in [-0.05, 0) is 24.0 Å². The molecule has 1 unspecified atom stereocenters. The number of carbonyl (C=O) groups is 1. The first kappa shape index (κ1) is 12.3. The standard InChI is InChI=1S/C14H19NO2/c1-2-9-17-10-13(16)14-12-6-4-3-5-11(12)7-8-15-14/h3-6,14-15H,2,7-10H2,1H3. The summed E-state index contributed by atoms with van der Waals surface area (Å²) < 4.78 is 5.32. The van der Waals surface area contributed by atoms with Crippen molar-refractivity contribution >= 4 is 5.78 Å². The van der Waals surface area contributed by atoms with Crippen LogP contribution in [0.25, 0.3) is 0 Å². The molecule has 1 aromatic carbocycles. The average molecular weight is 233 g/mol. The van der Waals surface area contributed by atoms with Gasteiger partial charge in [-0.25, -0.2) is 0 Å². The van der Waals surface area contributed by atoms with Crippen molar-refractivity contribution in [3.63, 3.8) is 0 Å². The quantitative estimate of drug-likeness (QED) is 0.789. The molecule has 0 saturated carbocycles. The van der Waals surface area contributed by atoms with Crippen LogP contribution in [0.4, 0.5) is 0 Å². The zero-order chi connectivity index (χ0) is 12.1. The smallest absolute Gasteiger partial charge is 0.179 e. The summed E-state index contributed by atoms with van der Waals surface area (Å²) in [6.07, 6.45) is 1.94. The third-order valence-electron chi connectivity index (χ3n) is 3.02. The topological polar surface area (TPSA) is 38.3 Å². The Bertz CT molecular complexity index is 390. The minimum absolute atomic E-state index is 0.130. The number of ketones is 1. The van der Waals surface area contributed by atoms with Crippen LogP contribution in [0, 0.1) is 0 Å². The number of nitrogens with one attached hydrogen (secondary N) is 1. The first-order valence-corrected chi connectivity index (χ1v) is 6.24. The molecule has 92 valence electrons. The highest BCUT2D eigenvalue weighted by Crippen LogP contribution is 2.23. The van der Waals surface area contributed by atoms with Crippen LogP contribution in [0.15, 0.2) is 24.3 Å². The molecule has 1 heterocycles. The first-order chi connectivity index (χ1) is 8.33. The van der Waals surface area contributed by atoms with Gasteiger partial charge in [0.05, 0.1) is 6.04 Å². The Labute approximate surface area is 102 Å². The molecule has 0 spiro atoms. The van der Waals surface area contributed by atoms with Crippen molar-refractivity contribution in [3.05, 3.63) is 35.4 Å². The van der Waals surface area contributed by atoms with Crippen LogP contribution in [-0.2, 0) is 16.0 Å². The molecule has 17 heavy (non-hydrogen) atoms. The summed E-state index contributed by atoms with van der Waals surface area (Å²) in [7, 11) is 0. The Kier molecular flexibility index (Phi) is 4.29. The van der Waals surface area contributed by atoms with Crippen LogP contribution < -0.4 is 5.32 Å². The van der Waals surface area contributed by atoms with Crippen LogP contribution in [0.5, 0.6) is 0 Å². The van der Waals surface area contributed by atoms with Crippen molar-refractivity contribution in [2.24, 2.45) is 0 Å². The normalized spacial score (nSPS) is 18.8. The molecule has 0 aliphatic carbocycles. The summed E-state index contributed by atoms with van der Waals surface area (Å²) >= 11 is 0. The van der Waals surface area contributed by atoms with E-state index in [-0.39, 0.29) is 18.4 Å². The largest absolute Gasteiger partial charge is 0.374 e. The predicted octanol–water partition coefficient (Wildman–Crippen LogP) is 1.87. The summed E-state index contributed by atoms with van der Waals surface area (Å²) in [5.74, 6) is 0.130. The minimum Gasteiger partial charge on any atom is -0.374 e. The highest BCUT2D eigenvalue weighted by atomic mass is 16.5. The van der Waals surface area contributed by atoms with E-state index in [1.807, 2.05) is 25.1 Å². The lowest BCUT2D eigenvalue weighted by atomic mass is 9.92. The molecule has 0 fully saturated rings. The first-order valence-electron chi connectivity index (χ1n) is 6.24. The van der Waals surface area contributed by atoms with Crippen molar-refractivity contribution in [1.82, 2.24) is 5.32 Å². The van der Waals surface area contributed by atoms with E-state index in [1.54, 1.807) is 0 Å². The van der Waals surface area contributed by atoms with Gasteiger partial charge in [-0.15, -0.1) is 0 Å². The van der Waals surface area contributed by atoms with Gasteiger partial charge in [-0.1, -0.05) is 31.2 Å². The van der Waals surface area contributed by atoms with Crippen molar-refractivity contribution < 1.29 is 9.53 Å². The number of rotatable bonds is 5. The molecule has 1 atom stereocenters. The molecule has 2 rings (SSSR count). The molecular formula is C14H19NO2. The molecule has 1 aliphatic rings. The van der Waals surface area contributed by atoms with E-state index in [4.69, 9.17) is 4.74 Å². The summed E-state index contributed by atoms with van der Waals surface area (Å²) in [6.45, 7) is 3.76. The fourth-order valence-electron chi connectivity index (χ4n) is 2.19. The Morgan fingerprint density at radius 1 is 1.47 bits per heavy atom. The third-order valence-corrected chi connectivity index (χ3v) is 3.02. The van der Waals surface area contributed by atoms with Crippen molar-refractivity contribution in [2.75, 3.05) is 19.8 Å². The second-order valence-electron chi connectivity index (χ2n) is 4.35. The van der Waals surface area contributed by atoms with Gasteiger partial charge in [0.1, 0.15) is 6.61 Å². The molecule has 3 nitrogen and oxygen atoms in total. The highest BCUT2D eigenvalue weighted by molar-refractivity contribution is 5.87. The van der Waals surface area contributed by atoms with E-state index >= 15 is 0 Å². The maximum Gasteiger partial charge on any atom is 0.179 e. The van der Waals surface area contributed by atoms with Gasteiger partial charge in [0.25, 0.3) is 0 Å². The number of Topliss-reactive ketones (excluding diaryl/α,β-unsaturated/α-hetero) is 1. The van der Waals surface area contributed by atoms with E-state index in [1.165, 1.54) is 5.56 Å². The third kappa shape index (κ3) is 2.93. The average Bonchev–Trinajstić information content (AvgIpc) is 2.38. The lowest BCUT2D eigenvalue weighted by Crippen LogP contribution is -2.36. The summed E-state index contributed by atoms with van der Waals surface area (Å²) in [5.41, 5.74) is 2.39. The number of fused-ring (bicyclic) bond motifs is 1. The van der Waals surface area contributed by atoms with Crippen LogP contribution in [0.2, 0.25) is 0 Å². The second-order valence-corrected chi connectivity index (χ2v) is 4.35. The summed E-state index contributed by atoms with van der Waals surface area (Å²) in [4.78, 5) is 12.0. The van der Waals surface area contributed by atoms with Crippen molar-refractivity contribution in [2.45, 2.75) is 25.8 Å². The minimum atomic E-state index is -0.184. The second kappa shape index (κ2) is 5.94. The molecule has 0 amide bonds. The number of benzene rings is 1. The molecule has 1 aromatic rings. The zero-order valence-corrected chi connectivity index (χ0v) is 10.2. The number of carbonyl (C=O) groups excluding carboxylic acids is 1. The fraction of sp³-hybridized carbons (Fsp3) is 0.500. The predicted molar refractivity (Wildman–Crippen MR) is 67.0 cm³/mol. The van der Waals surface area contributed by atoms with Gasteiger partial charge in [0.2, 0.25) is 0 Å². The van der Waals surface area contributed by atoms with Gasteiger partial charge in [-0.3, -0.25) is 4.79 Å². The van der Waals surface area contributed by atoms with Crippen LogP contribution >= 0.6 is 0 Å². The SMILES string of the molecule is CCCOCC(=O)C1NCCc2ccccc21. The molecule has 0 saturated heterocycles. The number of hydrogen-bond donors (Lipinski definition) is 1. The van der Waals surface area contributed by atoms with Gasteiger partial charge < -0.3 is 10.1 Å². The molecule has 0 aromatic heterocycles. The van der Waals surface area contributed by atoms with Crippen LogP contribution in [-0.4, -0.2) is 25.5 Å². The Hall–Kier alpha value is -1.19. The Morgan fingerprint density at radius 2 is 2.29 bits per heavy atom. The van der Waals surface area contributed by atoms with Gasteiger partial charge in [0.15, 0.2) is 5.78 Å². The van der Waals surface area contributed by atoms with E-state index in [0.29, 0.717) is 6.61 Å². The lowest BCUT2D eigenvalue weighted by molar-refractivity contribution is -0.126. The highest BCUT2D eigenvalue weighted by Gasteiger charge is 2.25. The molecule has 0 radical (unpaired) electrons. The van der Waals surface area contributed by atoms with Crippen LogP contribution in [0.3, 0.4) is 0 Å². The van der Waals surface area contributed by atoms with Gasteiger partial charge in [-0.2, -0.15) is 0 Å². The summed E-state index contributed by atoms with van der Waals surface area (Å²) in [6, 6.07) is 7.96. The molecule has 1 aliphatic heterocycles. The van der Waals surface area contributed by atoms with Crippen molar-refractivity contribution in [1.29, 1.82) is 0 Å². The Morgan fingerprint density at radius 3 is 3.12 bits per heavy atom. The molecule has 1 N–H and O–H groups in total. The van der Waals surface area contributed by atoms with E-state index < -0.39 is 0 Å². The summed E-state index contributed by atoms with van der Waals surface area (Å²) in [5, 5.41) is 3.27. The monoisotopic (exact) mass is 233 g/mol. The lowest BCUT2D eigenvalue weighted by Gasteiger charge is -2.25. The van der Waals surface area contributed by atoms with Gasteiger partial charge >= 0.3 is 0 Å². The van der Waals surface area contributed by atoms with E-state index in [0.717, 1.165) is 24.9 Å². The van der Waals surface area contributed by atoms with Gasteiger partial charge in [0, 0.05) is 13.2 Å². The molecular weight excluding hydrogens is 214 g/mol. The van der Waals surface area contributed by atoms with E-state index in [9.17, 15) is 4.79 Å². The number of hydrogen-bond acceptors (Lipinski definition) is 3. The molecule has 3 heteroatoms. The maximum atomic E-state index is 12.0. The van der Waals surface area contributed by atoms with Crippen LogP contribution in [0.1, 0.15) is 30.5 Å². The Balaban J connectivity index is 2.05. The number of ether oxygens (including phenoxy) is 1. The molecule has 0 bridgehead atoms. The fourth-order valence-corrected chi connectivity index (χ4v) is 2.19.